The van der Waals surface area contributed by atoms with Gasteiger partial charge in [-0.3, -0.25) is 0 Å². The van der Waals surface area contributed by atoms with Gasteiger partial charge in [0.05, 0.1) is 51.5 Å². The molecular weight excluding hydrogens is 420 g/mol. The minimum absolute atomic E-state index is 0.0670. The molecule has 8 heteroatoms. The number of benzene rings is 3. The highest BCUT2D eigenvalue weighted by Gasteiger charge is 2.55. The second-order valence-electron chi connectivity index (χ2n) is 8.91. The summed E-state index contributed by atoms with van der Waals surface area (Å²) < 4.78 is 6.50. The molecule has 3 aliphatic heterocycles. The van der Waals surface area contributed by atoms with Crippen molar-refractivity contribution in [3.8, 4) is 11.5 Å². The van der Waals surface area contributed by atoms with Gasteiger partial charge in [0.15, 0.2) is 0 Å². The number of hydrogen-bond donors (Lipinski definition) is 3. The highest BCUT2D eigenvalue weighted by Crippen LogP contribution is 2.62. The zero-order valence-electron chi connectivity index (χ0n) is 17.1. The van der Waals surface area contributed by atoms with Crippen LogP contribution in [-0.2, 0) is 6.42 Å². The molecule has 1 aliphatic carbocycles. The smallest absolute Gasteiger partial charge is 0.337 e. The van der Waals surface area contributed by atoms with Gasteiger partial charge in [0.25, 0.3) is 0 Å². The van der Waals surface area contributed by atoms with Crippen molar-refractivity contribution in [1.29, 1.82) is 0 Å². The Balaban J connectivity index is 1.42. The van der Waals surface area contributed by atoms with E-state index in [-0.39, 0.29) is 29.4 Å². The molecule has 3 aromatic carbocycles. The summed E-state index contributed by atoms with van der Waals surface area (Å²) in [6, 6.07) is 14.6. The topological polar surface area (TPSA) is 108 Å². The van der Waals surface area contributed by atoms with Gasteiger partial charge in [0.1, 0.15) is 28.8 Å². The minimum atomic E-state index is -0.969. The summed E-state index contributed by atoms with van der Waals surface area (Å²) in [4.78, 5) is 24.0. The number of aromatic nitrogens is 2. The van der Waals surface area contributed by atoms with Crippen LogP contribution < -0.4 is 15.0 Å². The summed E-state index contributed by atoms with van der Waals surface area (Å²) in [5.41, 5.74) is 7.36. The van der Waals surface area contributed by atoms with Gasteiger partial charge in [-0.1, -0.05) is 18.2 Å². The Kier molecular flexibility index (Phi) is 2.89. The highest BCUT2D eigenvalue weighted by molar-refractivity contribution is 6.05. The Morgan fingerprint density at radius 2 is 2.00 bits per heavy atom. The van der Waals surface area contributed by atoms with Crippen molar-refractivity contribution in [2.24, 2.45) is 0 Å². The number of ether oxygens (including phenoxy) is 1. The van der Waals surface area contributed by atoms with Gasteiger partial charge < -0.3 is 25.2 Å². The molecule has 0 spiro atoms. The number of hydrogen-bond acceptors (Lipinski definition) is 7. The van der Waals surface area contributed by atoms with Gasteiger partial charge in [-0.15, -0.1) is 0 Å². The van der Waals surface area contributed by atoms with Crippen molar-refractivity contribution < 1.29 is 19.7 Å². The van der Waals surface area contributed by atoms with E-state index in [2.05, 4.69) is 10.2 Å². The average molecular weight is 436 g/mol. The van der Waals surface area contributed by atoms with Crippen molar-refractivity contribution in [3.63, 3.8) is 0 Å². The summed E-state index contributed by atoms with van der Waals surface area (Å²) in [6.07, 6.45) is 0.427. The Morgan fingerprint density at radius 3 is 2.88 bits per heavy atom. The fraction of sp³-hybridized carbons (Fsp3) is 0.160. The molecule has 0 fully saturated rings. The maximum Gasteiger partial charge on any atom is 0.337 e. The quantitative estimate of drug-likeness (QED) is 0.410. The first kappa shape index (κ1) is 17.3. The number of carbonyl (C=O) groups is 1. The molecular formula is C25H16N4O4. The molecule has 8 nitrogen and oxygen atoms in total. The molecule has 3 atom stereocenters. The Bertz CT molecular complexity index is 1580. The lowest BCUT2D eigenvalue weighted by atomic mass is 9.80. The van der Waals surface area contributed by atoms with Crippen molar-refractivity contribution in [2.75, 3.05) is 10.2 Å². The lowest BCUT2D eigenvalue weighted by Crippen LogP contribution is -2.52. The van der Waals surface area contributed by atoms with E-state index in [0.717, 1.165) is 39.8 Å². The molecule has 0 amide bonds. The van der Waals surface area contributed by atoms with Gasteiger partial charge in [0.2, 0.25) is 0 Å². The number of aromatic carboxylic acids is 1. The minimum Gasteiger partial charge on any atom is -0.506 e. The van der Waals surface area contributed by atoms with E-state index in [4.69, 9.17) is 14.7 Å². The van der Waals surface area contributed by atoms with E-state index in [1.807, 2.05) is 24.3 Å². The third kappa shape index (κ3) is 1.95. The summed E-state index contributed by atoms with van der Waals surface area (Å²) in [5, 5.41) is 23.5. The normalized spacial score (nSPS) is 22.3. The standard InChI is InChI=1S/C25H16N4O4/c30-17-6-2-4-12-20(17)28-21-14(26-12)9-16-24-18(21)10-7-8-13-22(23(10)33-24)29(16)15-5-1-3-11(25(31)32)19(15)27-13/h1-8,16,18,24,27,30H,9H2,(H,31,32)/t16-,18+,24-/m1/s1. The van der Waals surface area contributed by atoms with Crippen LogP contribution in [0.1, 0.15) is 33.2 Å². The molecule has 0 unspecified atom stereocenters. The van der Waals surface area contributed by atoms with Gasteiger partial charge >= 0.3 is 5.97 Å². The van der Waals surface area contributed by atoms with Crippen LogP contribution in [0.3, 0.4) is 0 Å². The van der Waals surface area contributed by atoms with E-state index in [1.54, 1.807) is 24.3 Å². The highest BCUT2D eigenvalue weighted by atomic mass is 16.5. The predicted molar refractivity (Wildman–Crippen MR) is 120 cm³/mol. The average Bonchev–Trinajstić information content (AvgIpc) is 3.19. The van der Waals surface area contributed by atoms with Crippen LogP contribution in [0, 0.1) is 0 Å². The van der Waals surface area contributed by atoms with Crippen LogP contribution in [0.2, 0.25) is 0 Å². The lowest BCUT2D eigenvalue weighted by Gasteiger charge is -2.46. The molecule has 33 heavy (non-hydrogen) atoms. The monoisotopic (exact) mass is 436 g/mol. The second-order valence-corrected chi connectivity index (χ2v) is 8.91. The van der Waals surface area contributed by atoms with Crippen LogP contribution in [0.15, 0.2) is 48.5 Å². The number of nitrogens with zero attached hydrogens (tertiary/aromatic N) is 3. The van der Waals surface area contributed by atoms with E-state index >= 15 is 0 Å². The number of nitrogens with one attached hydrogen (secondary N) is 1. The number of anilines is 4. The van der Waals surface area contributed by atoms with Crippen molar-refractivity contribution in [3.05, 3.63) is 71.0 Å². The predicted octanol–water partition coefficient (Wildman–Crippen LogP) is 4.06. The number of carboxylic acids is 1. The van der Waals surface area contributed by atoms with Crippen LogP contribution in [0.4, 0.5) is 22.7 Å². The first-order chi connectivity index (χ1) is 16.1. The Morgan fingerprint density at radius 1 is 1.12 bits per heavy atom. The van der Waals surface area contributed by atoms with Crippen LogP contribution in [0.5, 0.6) is 11.5 Å². The van der Waals surface area contributed by atoms with Crippen LogP contribution in [-0.4, -0.2) is 38.3 Å². The fourth-order valence-corrected chi connectivity index (χ4v) is 5.99. The summed E-state index contributed by atoms with van der Waals surface area (Å²) in [5.74, 6) is -0.148. The molecule has 0 radical (unpaired) electrons. The first-order valence-electron chi connectivity index (χ1n) is 10.8. The zero-order valence-corrected chi connectivity index (χ0v) is 17.1. The number of rotatable bonds is 1. The molecule has 0 saturated heterocycles. The second kappa shape index (κ2) is 5.53. The van der Waals surface area contributed by atoms with E-state index < -0.39 is 5.97 Å². The fourth-order valence-electron chi connectivity index (χ4n) is 5.99. The largest absolute Gasteiger partial charge is 0.506 e. The summed E-state index contributed by atoms with van der Waals surface area (Å²) in [7, 11) is 0. The third-order valence-electron chi connectivity index (χ3n) is 7.30. The molecule has 6 bridgehead atoms. The molecule has 4 heterocycles. The molecule has 4 aliphatic rings. The Labute approximate surface area is 187 Å². The van der Waals surface area contributed by atoms with Gasteiger partial charge in [-0.25, -0.2) is 14.8 Å². The van der Waals surface area contributed by atoms with Crippen LogP contribution >= 0.6 is 0 Å². The zero-order chi connectivity index (χ0) is 22.0. The van der Waals surface area contributed by atoms with Crippen molar-refractivity contribution in [1.82, 2.24) is 9.97 Å². The van der Waals surface area contributed by atoms with Crippen molar-refractivity contribution >= 4 is 39.8 Å². The molecule has 8 rings (SSSR count). The van der Waals surface area contributed by atoms with E-state index in [1.165, 1.54) is 0 Å². The molecule has 1 aromatic heterocycles. The number of phenols is 1. The number of phenolic OH excluding ortho intramolecular Hbond substituents is 1. The summed E-state index contributed by atoms with van der Waals surface area (Å²) in [6.45, 7) is 0. The molecule has 3 N–H and O–H groups in total. The van der Waals surface area contributed by atoms with Crippen molar-refractivity contribution in [2.45, 2.75) is 24.5 Å². The lowest BCUT2D eigenvalue weighted by molar-refractivity contribution is 0.0698. The third-order valence-corrected chi connectivity index (χ3v) is 7.30. The number of aromatic hydroxyl groups is 1. The van der Waals surface area contributed by atoms with Gasteiger partial charge in [-0.2, -0.15) is 0 Å². The summed E-state index contributed by atoms with van der Waals surface area (Å²) >= 11 is 0. The number of fused-ring (bicyclic) bond motifs is 5. The molecule has 4 aromatic rings. The van der Waals surface area contributed by atoms with E-state index in [9.17, 15) is 15.0 Å². The number of para-hydroxylation sites is 2. The SMILES string of the molecule is O=C(O)c1cccc2c1Nc1ccc3c4c1N2[C@@H]1Cc2nc5cccc(O)c5nc2[C@H]3[C@@H]1O4. The molecule has 0 saturated carbocycles. The number of carboxylic acid groups (broad SMARTS) is 1. The van der Waals surface area contributed by atoms with Gasteiger partial charge in [0, 0.05) is 12.0 Å². The molecule has 160 valence electrons. The van der Waals surface area contributed by atoms with E-state index in [0.29, 0.717) is 23.1 Å². The maximum absolute atomic E-state index is 11.9. The van der Waals surface area contributed by atoms with Gasteiger partial charge in [-0.05, 0) is 30.3 Å². The maximum atomic E-state index is 11.9. The Hall–Kier alpha value is -4.33. The first-order valence-corrected chi connectivity index (χ1v) is 10.8. The van der Waals surface area contributed by atoms with Crippen LogP contribution in [0.25, 0.3) is 11.0 Å².